The van der Waals surface area contributed by atoms with Crippen LogP contribution in [0.25, 0.3) is 22.1 Å². The number of amides is 1. The molecule has 10 nitrogen and oxygen atoms in total. The third-order valence-electron chi connectivity index (χ3n) is 4.98. The Hall–Kier alpha value is -4.25. The molecule has 0 aliphatic carbocycles. The molecule has 35 heavy (non-hydrogen) atoms. The number of fused-ring (bicyclic) bond motifs is 1. The molecule has 180 valence electrons. The first-order valence-electron chi connectivity index (χ1n) is 10.6. The number of hydrogen-bond acceptors (Lipinski definition) is 9. The van der Waals surface area contributed by atoms with Gasteiger partial charge in [-0.3, -0.25) is 14.4 Å². The van der Waals surface area contributed by atoms with E-state index < -0.39 is 24.5 Å². The fourth-order valence-corrected chi connectivity index (χ4v) is 4.37. The van der Waals surface area contributed by atoms with E-state index in [4.69, 9.17) is 13.9 Å². The van der Waals surface area contributed by atoms with Gasteiger partial charge in [0.25, 0.3) is 11.5 Å². The highest BCUT2D eigenvalue weighted by Gasteiger charge is 2.24. The van der Waals surface area contributed by atoms with Crippen LogP contribution in [0.5, 0.6) is 0 Å². The molecule has 3 aromatic heterocycles. The van der Waals surface area contributed by atoms with Gasteiger partial charge in [-0.2, -0.15) is 5.10 Å². The fraction of sp³-hybridized carbons (Fsp3) is 0.208. The van der Waals surface area contributed by atoms with Crippen molar-refractivity contribution in [3.8, 4) is 11.3 Å². The van der Waals surface area contributed by atoms with Crippen molar-refractivity contribution in [3.05, 3.63) is 69.1 Å². The Morgan fingerprint density at radius 1 is 1.11 bits per heavy atom. The van der Waals surface area contributed by atoms with Crippen molar-refractivity contribution in [1.29, 1.82) is 0 Å². The third-order valence-corrected chi connectivity index (χ3v) is 5.88. The lowest BCUT2D eigenvalue weighted by atomic mass is 10.1. The average molecular weight is 496 g/mol. The first kappa shape index (κ1) is 23.9. The molecule has 3 heterocycles. The van der Waals surface area contributed by atoms with Gasteiger partial charge in [-0.05, 0) is 32.0 Å². The molecule has 11 heteroatoms. The van der Waals surface area contributed by atoms with Gasteiger partial charge in [0.15, 0.2) is 6.61 Å². The number of benzene rings is 1. The standard InChI is InChI=1S/C24H21N3O7S/c1-3-32-24(31)21-16(18-9-8-13(2)34-18)12-35-23(21)25-19(28)11-33-20(29)10-17-14-6-4-5-7-15(14)22(30)27-26-17/h4-9,12H,3,10-11H2,1-2H3,(H,25,28)(H,27,30). The van der Waals surface area contributed by atoms with Gasteiger partial charge < -0.3 is 19.2 Å². The predicted octanol–water partition coefficient (Wildman–Crippen LogP) is 3.45. The summed E-state index contributed by atoms with van der Waals surface area (Å²) >= 11 is 1.13. The monoisotopic (exact) mass is 495 g/mol. The van der Waals surface area contributed by atoms with E-state index in [2.05, 4.69) is 15.5 Å². The van der Waals surface area contributed by atoms with Gasteiger partial charge in [-0.1, -0.05) is 18.2 Å². The Balaban J connectivity index is 1.44. The van der Waals surface area contributed by atoms with Crippen LogP contribution in [0.3, 0.4) is 0 Å². The number of aromatic amines is 1. The van der Waals surface area contributed by atoms with E-state index in [9.17, 15) is 19.2 Å². The number of esters is 2. The number of rotatable bonds is 8. The van der Waals surface area contributed by atoms with Gasteiger partial charge in [-0.15, -0.1) is 11.3 Å². The zero-order chi connectivity index (χ0) is 24.9. The molecular weight excluding hydrogens is 474 g/mol. The second-order valence-electron chi connectivity index (χ2n) is 7.41. The maximum absolute atomic E-state index is 12.6. The maximum atomic E-state index is 12.6. The van der Waals surface area contributed by atoms with Gasteiger partial charge in [-0.25, -0.2) is 9.89 Å². The number of nitrogens with one attached hydrogen (secondary N) is 2. The molecule has 0 aliphatic heterocycles. The summed E-state index contributed by atoms with van der Waals surface area (Å²) in [5.41, 5.74) is 0.612. The van der Waals surface area contributed by atoms with E-state index in [1.807, 2.05) is 0 Å². The topological polar surface area (TPSA) is 141 Å². The quantitative estimate of drug-likeness (QED) is 0.354. The molecule has 0 atom stereocenters. The maximum Gasteiger partial charge on any atom is 0.341 e. The predicted molar refractivity (Wildman–Crippen MR) is 128 cm³/mol. The highest BCUT2D eigenvalue weighted by molar-refractivity contribution is 7.15. The van der Waals surface area contributed by atoms with Crippen LogP contribution in [0.4, 0.5) is 5.00 Å². The van der Waals surface area contributed by atoms with Crippen molar-refractivity contribution in [3.63, 3.8) is 0 Å². The number of thiophene rings is 1. The Morgan fingerprint density at radius 2 is 1.89 bits per heavy atom. The summed E-state index contributed by atoms with van der Waals surface area (Å²) in [5.74, 6) is -0.806. The summed E-state index contributed by atoms with van der Waals surface area (Å²) in [5, 5.41) is 11.7. The number of carbonyl (C=O) groups excluding carboxylic acids is 3. The molecular formula is C24H21N3O7S. The van der Waals surface area contributed by atoms with Gasteiger partial charge in [0.1, 0.15) is 22.1 Å². The third kappa shape index (κ3) is 5.30. The van der Waals surface area contributed by atoms with Crippen LogP contribution in [0.2, 0.25) is 0 Å². The fourth-order valence-electron chi connectivity index (χ4n) is 3.42. The summed E-state index contributed by atoms with van der Waals surface area (Å²) in [6, 6.07) is 10.2. The first-order chi connectivity index (χ1) is 16.9. The molecule has 2 N–H and O–H groups in total. The number of carbonyl (C=O) groups is 3. The molecule has 0 unspecified atom stereocenters. The lowest BCUT2D eigenvalue weighted by molar-refractivity contribution is -0.146. The van der Waals surface area contributed by atoms with Crippen LogP contribution in [0.15, 0.2) is 51.0 Å². The normalized spacial score (nSPS) is 10.8. The zero-order valence-corrected chi connectivity index (χ0v) is 19.7. The largest absolute Gasteiger partial charge is 0.462 e. The number of nitrogens with zero attached hydrogens (tertiary/aromatic N) is 1. The summed E-state index contributed by atoms with van der Waals surface area (Å²) in [4.78, 5) is 49.3. The van der Waals surface area contributed by atoms with Crippen LogP contribution < -0.4 is 10.9 Å². The second-order valence-corrected chi connectivity index (χ2v) is 8.29. The number of aryl methyl sites for hydroxylation is 1. The van der Waals surface area contributed by atoms with Crippen LogP contribution >= 0.6 is 11.3 Å². The highest BCUT2D eigenvalue weighted by Crippen LogP contribution is 2.37. The lowest BCUT2D eigenvalue weighted by Crippen LogP contribution is -2.23. The molecule has 0 saturated heterocycles. The van der Waals surface area contributed by atoms with Gasteiger partial charge in [0.2, 0.25) is 0 Å². The molecule has 0 spiro atoms. The molecule has 1 amide bonds. The Kier molecular flexibility index (Phi) is 7.06. The van der Waals surface area contributed by atoms with E-state index in [1.54, 1.807) is 55.6 Å². The van der Waals surface area contributed by atoms with Gasteiger partial charge in [0.05, 0.1) is 24.1 Å². The van der Waals surface area contributed by atoms with Crippen molar-refractivity contribution in [1.82, 2.24) is 10.2 Å². The van der Waals surface area contributed by atoms with Crippen molar-refractivity contribution in [2.75, 3.05) is 18.5 Å². The minimum absolute atomic E-state index is 0.157. The van der Waals surface area contributed by atoms with Gasteiger partial charge in [0, 0.05) is 16.3 Å². The molecule has 0 saturated carbocycles. The Bertz CT molecular complexity index is 1470. The average Bonchev–Trinajstić information content (AvgIpc) is 3.46. The summed E-state index contributed by atoms with van der Waals surface area (Å²) < 4.78 is 15.9. The van der Waals surface area contributed by atoms with Crippen LogP contribution in [-0.4, -0.2) is 41.3 Å². The van der Waals surface area contributed by atoms with Crippen molar-refractivity contribution in [2.24, 2.45) is 0 Å². The van der Waals surface area contributed by atoms with Crippen molar-refractivity contribution >= 4 is 45.0 Å². The van der Waals surface area contributed by atoms with Crippen molar-refractivity contribution in [2.45, 2.75) is 20.3 Å². The molecule has 0 fully saturated rings. The van der Waals surface area contributed by atoms with Crippen LogP contribution in [0.1, 0.15) is 28.7 Å². The number of hydrogen-bond donors (Lipinski definition) is 2. The minimum Gasteiger partial charge on any atom is -0.462 e. The summed E-state index contributed by atoms with van der Waals surface area (Å²) in [7, 11) is 0. The minimum atomic E-state index is -0.701. The molecule has 0 bridgehead atoms. The number of ether oxygens (including phenoxy) is 2. The molecule has 4 aromatic rings. The number of aromatic nitrogens is 2. The van der Waals surface area contributed by atoms with Crippen LogP contribution in [-0.2, 0) is 25.5 Å². The summed E-state index contributed by atoms with van der Waals surface area (Å²) in [6.45, 7) is 3.04. The molecule has 0 radical (unpaired) electrons. The van der Waals surface area contributed by atoms with E-state index >= 15 is 0 Å². The lowest BCUT2D eigenvalue weighted by Gasteiger charge is -2.09. The SMILES string of the molecule is CCOC(=O)c1c(-c2ccc(C)o2)csc1NC(=O)COC(=O)Cc1n[nH]c(=O)c2ccccc12. The number of furan rings is 1. The number of anilines is 1. The number of H-pyrrole nitrogens is 1. The highest BCUT2D eigenvalue weighted by atomic mass is 32.1. The Morgan fingerprint density at radius 3 is 2.60 bits per heavy atom. The van der Waals surface area contributed by atoms with E-state index in [0.717, 1.165) is 11.3 Å². The Labute approximate surface area is 202 Å². The second kappa shape index (κ2) is 10.3. The van der Waals surface area contributed by atoms with E-state index in [1.165, 1.54) is 0 Å². The summed E-state index contributed by atoms with van der Waals surface area (Å²) in [6.07, 6.45) is -0.236. The zero-order valence-electron chi connectivity index (χ0n) is 18.9. The van der Waals surface area contributed by atoms with E-state index in [-0.39, 0.29) is 29.2 Å². The van der Waals surface area contributed by atoms with Crippen LogP contribution in [0, 0.1) is 6.92 Å². The first-order valence-corrected chi connectivity index (χ1v) is 11.5. The van der Waals surface area contributed by atoms with E-state index in [0.29, 0.717) is 33.6 Å². The van der Waals surface area contributed by atoms with Gasteiger partial charge >= 0.3 is 11.9 Å². The molecule has 4 rings (SSSR count). The molecule has 1 aromatic carbocycles. The van der Waals surface area contributed by atoms with Crippen molar-refractivity contribution < 1.29 is 28.3 Å². The smallest absolute Gasteiger partial charge is 0.341 e. The molecule has 0 aliphatic rings.